The second-order valence-electron chi connectivity index (χ2n) is 7.39. The van der Waals surface area contributed by atoms with Crippen molar-refractivity contribution in [3.05, 3.63) is 75.2 Å². The summed E-state index contributed by atoms with van der Waals surface area (Å²) in [5.41, 5.74) is 0.134. The first-order valence-electron chi connectivity index (χ1n) is 10.2. The molecular formula is C22H24N6O5. The number of anilines is 1. The van der Waals surface area contributed by atoms with Gasteiger partial charge in [0.2, 0.25) is 5.95 Å². The average Bonchev–Trinajstić information content (AvgIpc) is 3.19. The molecule has 4 rings (SSSR count). The molecule has 33 heavy (non-hydrogen) atoms. The van der Waals surface area contributed by atoms with E-state index in [1.54, 1.807) is 48.3 Å². The zero-order valence-electron chi connectivity index (χ0n) is 18.2. The summed E-state index contributed by atoms with van der Waals surface area (Å²) in [7, 11) is 3.10. The van der Waals surface area contributed by atoms with E-state index in [1.807, 2.05) is 12.1 Å². The second kappa shape index (κ2) is 9.57. The molecule has 0 aliphatic heterocycles. The minimum Gasteiger partial charge on any atom is -0.497 e. The van der Waals surface area contributed by atoms with Crippen molar-refractivity contribution in [2.45, 2.75) is 19.2 Å². The molecule has 3 heterocycles. The van der Waals surface area contributed by atoms with Crippen LogP contribution in [0.25, 0.3) is 11.2 Å². The Morgan fingerprint density at radius 3 is 2.64 bits per heavy atom. The Morgan fingerprint density at radius 1 is 1.18 bits per heavy atom. The van der Waals surface area contributed by atoms with E-state index in [4.69, 9.17) is 9.47 Å². The van der Waals surface area contributed by atoms with E-state index in [0.717, 1.165) is 5.56 Å². The molecule has 0 fully saturated rings. The lowest BCUT2D eigenvalue weighted by Gasteiger charge is -2.16. The third-order valence-corrected chi connectivity index (χ3v) is 5.08. The third kappa shape index (κ3) is 4.88. The first kappa shape index (κ1) is 22.1. The van der Waals surface area contributed by atoms with Crippen LogP contribution in [0.4, 0.5) is 5.95 Å². The van der Waals surface area contributed by atoms with E-state index in [1.165, 1.54) is 11.6 Å². The zero-order chi connectivity index (χ0) is 23.4. The number of pyridine rings is 1. The van der Waals surface area contributed by atoms with Gasteiger partial charge in [-0.1, -0.05) is 6.07 Å². The predicted molar refractivity (Wildman–Crippen MR) is 122 cm³/mol. The summed E-state index contributed by atoms with van der Waals surface area (Å²) in [4.78, 5) is 35.4. The number of hydrogen-bond donors (Lipinski definition) is 3. The molecule has 1 aromatic carbocycles. The van der Waals surface area contributed by atoms with E-state index in [0.29, 0.717) is 24.0 Å². The molecule has 0 bridgehead atoms. The maximum Gasteiger partial charge on any atom is 0.329 e. The lowest BCUT2D eigenvalue weighted by atomic mass is 10.3. The monoisotopic (exact) mass is 452 g/mol. The molecule has 0 spiro atoms. The summed E-state index contributed by atoms with van der Waals surface area (Å²) >= 11 is 0. The molecule has 3 N–H and O–H groups in total. The van der Waals surface area contributed by atoms with Crippen molar-refractivity contribution in [2.75, 3.05) is 19.0 Å². The van der Waals surface area contributed by atoms with Gasteiger partial charge in [-0.25, -0.2) is 4.79 Å². The molecule has 4 aromatic rings. The molecule has 11 nitrogen and oxygen atoms in total. The van der Waals surface area contributed by atoms with Crippen LogP contribution in [0.3, 0.4) is 0 Å². The lowest BCUT2D eigenvalue weighted by molar-refractivity contribution is 0.0938. The van der Waals surface area contributed by atoms with Gasteiger partial charge in [-0.15, -0.1) is 0 Å². The zero-order valence-corrected chi connectivity index (χ0v) is 18.2. The van der Waals surface area contributed by atoms with Crippen LogP contribution in [0.15, 0.2) is 58.4 Å². The summed E-state index contributed by atoms with van der Waals surface area (Å²) in [6.07, 6.45) is 2.42. The number of benzene rings is 1. The van der Waals surface area contributed by atoms with Crippen LogP contribution in [0.5, 0.6) is 11.5 Å². The summed E-state index contributed by atoms with van der Waals surface area (Å²) in [5, 5.41) is 13.8. The van der Waals surface area contributed by atoms with E-state index >= 15 is 0 Å². The largest absolute Gasteiger partial charge is 0.497 e. The molecule has 0 saturated heterocycles. The first-order valence-corrected chi connectivity index (χ1v) is 10.2. The number of nitrogens with one attached hydrogen (secondary N) is 2. The highest BCUT2D eigenvalue weighted by molar-refractivity contribution is 5.74. The van der Waals surface area contributed by atoms with Crippen LogP contribution < -0.4 is 26.0 Å². The summed E-state index contributed by atoms with van der Waals surface area (Å²) < 4.78 is 13.6. The number of aliphatic hydroxyl groups excluding tert-OH is 1. The number of fused-ring (bicyclic) bond motifs is 1. The van der Waals surface area contributed by atoms with Crippen LogP contribution >= 0.6 is 0 Å². The number of hydrogen-bond acceptors (Lipinski definition) is 8. The topological polar surface area (TPSA) is 136 Å². The number of ether oxygens (including phenoxy) is 2. The van der Waals surface area contributed by atoms with Crippen molar-refractivity contribution >= 4 is 17.1 Å². The Kier molecular flexibility index (Phi) is 6.41. The first-order chi connectivity index (χ1) is 16.0. The van der Waals surface area contributed by atoms with E-state index in [-0.39, 0.29) is 24.3 Å². The molecule has 1 atom stereocenters. The number of H-pyrrole nitrogens is 1. The van der Waals surface area contributed by atoms with Gasteiger partial charge in [0.05, 0.1) is 13.7 Å². The van der Waals surface area contributed by atoms with Gasteiger partial charge in [0.25, 0.3) is 5.56 Å². The average molecular weight is 452 g/mol. The van der Waals surface area contributed by atoms with Crippen LogP contribution in [0.2, 0.25) is 0 Å². The summed E-state index contributed by atoms with van der Waals surface area (Å²) in [5.74, 6) is 1.60. The summed E-state index contributed by atoms with van der Waals surface area (Å²) in [6.45, 7) is 0.391. The minimum atomic E-state index is -0.958. The highest BCUT2D eigenvalue weighted by Crippen LogP contribution is 2.19. The SMILES string of the molecule is COc1ccc(OCC(O)Cn2c(NCc3cccnc3)nc3c2c(=O)[nH]c(=O)n3C)cc1. The molecule has 11 heteroatoms. The number of aliphatic hydroxyl groups is 1. The highest BCUT2D eigenvalue weighted by Gasteiger charge is 2.20. The minimum absolute atomic E-state index is 0.0162. The van der Waals surface area contributed by atoms with Crippen LogP contribution in [0, 0.1) is 0 Å². The molecule has 0 radical (unpaired) electrons. The standard InChI is InChI=1S/C22H24N6O5/c1-27-19-18(20(30)26-22(27)31)28(21(25-19)24-11-14-4-3-9-23-10-14)12-15(29)13-33-17-7-5-16(32-2)6-8-17/h3-10,15,29H,11-13H2,1-2H3,(H,24,25)(H,26,30,31). The number of aromatic nitrogens is 5. The Balaban J connectivity index is 1.58. The smallest absolute Gasteiger partial charge is 0.329 e. The fourth-order valence-corrected chi connectivity index (χ4v) is 3.36. The van der Waals surface area contributed by atoms with E-state index < -0.39 is 17.4 Å². The molecule has 0 aliphatic carbocycles. The third-order valence-electron chi connectivity index (χ3n) is 5.08. The molecule has 0 aliphatic rings. The van der Waals surface area contributed by atoms with E-state index in [2.05, 4.69) is 20.3 Å². The molecule has 1 unspecified atom stereocenters. The number of nitrogens with zero attached hydrogens (tertiary/aromatic N) is 4. The highest BCUT2D eigenvalue weighted by atomic mass is 16.5. The Bertz CT molecular complexity index is 1340. The lowest BCUT2D eigenvalue weighted by Crippen LogP contribution is -2.31. The van der Waals surface area contributed by atoms with Crippen molar-refractivity contribution in [1.82, 2.24) is 24.1 Å². The van der Waals surface area contributed by atoms with Crippen LogP contribution in [0.1, 0.15) is 5.56 Å². The number of aryl methyl sites for hydroxylation is 1. The van der Waals surface area contributed by atoms with Gasteiger partial charge in [0, 0.05) is 26.0 Å². The van der Waals surface area contributed by atoms with Crippen molar-refractivity contribution in [3.63, 3.8) is 0 Å². The molecule has 0 saturated carbocycles. The van der Waals surface area contributed by atoms with Gasteiger partial charge in [-0.2, -0.15) is 4.98 Å². The normalized spacial score (nSPS) is 12.0. The van der Waals surface area contributed by atoms with Crippen LogP contribution in [-0.2, 0) is 20.1 Å². The van der Waals surface area contributed by atoms with Crippen LogP contribution in [-0.4, -0.2) is 49.0 Å². The predicted octanol–water partition coefficient (Wildman–Crippen LogP) is 0.879. The number of aromatic amines is 1. The van der Waals surface area contributed by atoms with Crippen molar-refractivity contribution in [1.29, 1.82) is 0 Å². The van der Waals surface area contributed by atoms with Gasteiger partial charge in [-0.05, 0) is 35.9 Å². The van der Waals surface area contributed by atoms with Crippen molar-refractivity contribution in [2.24, 2.45) is 7.05 Å². The Hall–Kier alpha value is -4.12. The molecule has 3 aromatic heterocycles. The Morgan fingerprint density at radius 2 is 1.94 bits per heavy atom. The van der Waals surface area contributed by atoms with Crippen molar-refractivity contribution < 1.29 is 14.6 Å². The van der Waals surface area contributed by atoms with Gasteiger partial charge >= 0.3 is 5.69 Å². The van der Waals surface area contributed by atoms with Gasteiger partial charge in [0.1, 0.15) is 24.2 Å². The summed E-state index contributed by atoms with van der Waals surface area (Å²) in [6, 6.07) is 10.7. The van der Waals surface area contributed by atoms with E-state index in [9.17, 15) is 14.7 Å². The van der Waals surface area contributed by atoms with Gasteiger partial charge in [0.15, 0.2) is 11.2 Å². The maximum atomic E-state index is 12.6. The quantitative estimate of drug-likeness (QED) is 0.340. The molecule has 172 valence electrons. The van der Waals surface area contributed by atoms with Gasteiger partial charge in [-0.3, -0.25) is 19.3 Å². The molecule has 0 amide bonds. The Labute approximate surface area is 188 Å². The van der Waals surface area contributed by atoms with Gasteiger partial charge < -0.3 is 24.5 Å². The number of methoxy groups -OCH3 is 1. The van der Waals surface area contributed by atoms with Crippen molar-refractivity contribution in [3.8, 4) is 11.5 Å². The fraction of sp³-hybridized carbons (Fsp3) is 0.273. The maximum absolute atomic E-state index is 12.6. The molecular weight excluding hydrogens is 428 g/mol. The second-order valence-corrected chi connectivity index (χ2v) is 7.39. The number of rotatable bonds is 9. The fourth-order valence-electron chi connectivity index (χ4n) is 3.36. The number of imidazole rings is 1.